The van der Waals surface area contributed by atoms with E-state index < -0.39 is 0 Å². The first-order valence-corrected chi connectivity index (χ1v) is 6.76. The van der Waals surface area contributed by atoms with Gasteiger partial charge in [0.25, 0.3) is 0 Å². The number of hydrogen-bond acceptors (Lipinski definition) is 4. The second-order valence-corrected chi connectivity index (χ2v) is 5.23. The van der Waals surface area contributed by atoms with Gasteiger partial charge in [-0.3, -0.25) is 0 Å². The van der Waals surface area contributed by atoms with Crippen LogP contribution in [0, 0.1) is 6.92 Å². The van der Waals surface area contributed by atoms with Gasteiger partial charge in [-0.25, -0.2) is 4.98 Å². The van der Waals surface area contributed by atoms with Crippen molar-refractivity contribution >= 4 is 11.3 Å². The number of furan rings is 1. The minimum atomic E-state index is 0.460. The van der Waals surface area contributed by atoms with Crippen molar-refractivity contribution in [1.82, 2.24) is 10.3 Å². The van der Waals surface area contributed by atoms with Crippen molar-refractivity contribution in [2.24, 2.45) is 0 Å². The summed E-state index contributed by atoms with van der Waals surface area (Å²) in [6, 6.07) is 4.43. The van der Waals surface area contributed by atoms with Gasteiger partial charge in [0, 0.05) is 24.3 Å². The Bertz CT molecular complexity index is 436. The van der Waals surface area contributed by atoms with Crippen LogP contribution in [0.2, 0.25) is 0 Å². The van der Waals surface area contributed by atoms with Crippen LogP contribution in [0.3, 0.4) is 0 Å². The fraction of sp³-hybridized carbons (Fsp3) is 0.462. The second kappa shape index (κ2) is 5.98. The number of aryl methyl sites for hydroxylation is 2. The number of nitrogens with one attached hydrogen (secondary N) is 1. The summed E-state index contributed by atoms with van der Waals surface area (Å²) in [5.41, 5.74) is 1.19. The molecule has 2 aromatic heterocycles. The van der Waals surface area contributed by atoms with E-state index in [1.165, 1.54) is 5.69 Å². The third kappa shape index (κ3) is 3.68. The summed E-state index contributed by atoms with van der Waals surface area (Å²) in [6.45, 7) is 2.05. The molecule has 0 aliphatic heterocycles. The third-order valence-corrected chi connectivity index (χ3v) is 3.67. The number of aromatic nitrogens is 1. The number of rotatable bonds is 6. The largest absolute Gasteiger partial charge is 0.469 e. The maximum atomic E-state index is 5.34. The summed E-state index contributed by atoms with van der Waals surface area (Å²) in [6.07, 6.45) is 4.76. The Kier molecular flexibility index (Phi) is 4.34. The standard InChI is InChI=1S/C13H18N2OS/c1-10-15-12(9-17-10)8-11(14-2)5-6-13-4-3-7-16-13/h3-4,7,9,11,14H,5-6,8H2,1-2H3. The minimum absolute atomic E-state index is 0.460. The van der Waals surface area contributed by atoms with E-state index >= 15 is 0 Å². The quantitative estimate of drug-likeness (QED) is 0.856. The molecule has 0 saturated carbocycles. The lowest BCUT2D eigenvalue weighted by atomic mass is 10.1. The average molecular weight is 250 g/mol. The molecular weight excluding hydrogens is 232 g/mol. The van der Waals surface area contributed by atoms with Crippen LogP contribution < -0.4 is 5.32 Å². The van der Waals surface area contributed by atoms with Crippen LogP contribution in [0.15, 0.2) is 28.2 Å². The van der Waals surface area contributed by atoms with Crippen LogP contribution in [-0.4, -0.2) is 18.1 Å². The van der Waals surface area contributed by atoms with Crippen LogP contribution in [0.5, 0.6) is 0 Å². The Hall–Kier alpha value is -1.13. The molecule has 2 heterocycles. The molecule has 0 saturated heterocycles. The normalized spacial score (nSPS) is 12.8. The molecule has 0 radical (unpaired) electrons. The Balaban J connectivity index is 1.84. The van der Waals surface area contributed by atoms with E-state index in [4.69, 9.17) is 4.42 Å². The van der Waals surface area contributed by atoms with Crippen LogP contribution in [0.1, 0.15) is 22.9 Å². The zero-order chi connectivity index (χ0) is 12.1. The summed E-state index contributed by atoms with van der Waals surface area (Å²) >= 11 is 1.72. The van der Waals surface area contributed by atoms with Gasteiger partial charge in [-0.2, -0.15) is 0 Å². The molecule has 17 heavy (non-hydrogen) atoms. The SMILES string of the molecule is CNC(CCc1ccco1)Cc1csc(C)n1. The van der Waals surface area contributed by atoms with Crippen molar-refractivity contribution in [1.29, 1.82) is 0 Å². The second-order valence-electron chi connectivity index (χ2n) is 4.17. The molecule has 3 nitrogen and oxygen atoms in total. The van der Waals surface area contributed by atoms with Crippen molar-refractivity contribution in [2.75, 3.05) is 7.05 Å². The molecule has 4 heteroatoms. The van der Waals surface area contributed by atoms with E-state index in [2.05, 4.69) is 15.7 Å². The summed E-state index contributed by atoms with van der Waals surface area (Å²) in [4.78, 5) is 4.50. The molecule has 2 aromatic rings. The maximum Gasteiger partial charge on any atom is 0.103 e. The highest BCUT2D eigenvalue weighted by molar-refractivity contribution is 7.09. The van der Waals surface area contributed by atoms with Crippen molar-refractivity contribution in [3.63, 3.8) is 0 Å². The Labute approximate surface area is 106 Å². The van der Waals surface area contributed by atoms with Gasteiger partial charge in [-0.1, -0.05) is 0 Å². The van der Waals surface area contributed by atoms with E-state index in [0.29, 0.717) is 6.04 Å². The number of likely N-dealkylation sites (N-methyl/N-ethyl adjacent to an activating group) is 1. The molecule has 0 aliphatic carbocycles. The molecule has 92 valence electrons. The lowest BCUT2D eigenvalue weighted by Gasteiger charge is -2.13. The first kappa shape index (κ1) is 12.3. The molecule has 0 aliphatic rings. The summed E-state index contributed by atoms with van der Waals surface area (Å²) in [5, 5.41) is 6.63. The van der Waals surface area contributed by atoms with E-state index in [9.17, 15) is 0 Å². The highest BCUT2D eigenvalue weighted by Gasteiger charge is 2.10. The van der Waals surface area contributed by atoms with Gasteiger partial charge in [0.2, 0.25) is 0 Å². The zero-order valence-electron chi connectivity index (χ0n) is 10.3. The van der Waals surface area contributed by atoms with E-state index in [-0.39, 0.29) is 0 Å². The van der Waals surface area contributed by atoms with E-state index in [1.54, 1.807) is 17.6 Å². The van der Waals surface area contributed by atoms with Gasteiger partial charge in [0.05, 0.1) is 17.0 Å². The van der Waals surface area contributed by atoms with Gasteiger partial charge >= 0.3 is 0 Å². The van der Waals surface area contributed by atoms with Crippen molar-refractivity contribution in [3.05, 3.63) is 40.2 Å². The summed E-state index contributed by atoms with van der Waals surface area (Å²) < 4.78 is 5.34. The molecule has 2 rings (SSSR count). The lowest BCUT2D eigenvalue weighted by molar-refractivity contribution is 0.458. The topological polar surface area (TPSA) is 38.1 Å². The molecule has 0 fully saturated rings. The molecule has 0 aromatic carbocycles. The Morgan fingerprint density at radius 3 is 3.00 bits per heavy atom. The fourth-order valence-electron chi connectivity index (χ4n) is 1.87. The maximum absolute atomic E-state index is 5.34. The predicted octanol–water partition coefficient (Wildman–Crippen LogP) is 2.81. The molecule has 0 bridgehead atoms. The number of hydrogen-bond donors (Lipinski definition) is 1. The summed E-state index contributed by atoms with van der Waals surface area (Å²) in [5.74, 6) is 1.06. The first-order chi connectivity index (χ1) is 8.28. The van der Waals surface area contributed by atoms with Crippen molar-refractivity contribution < 1.29 is 4.42 Å². The lowest BCUT2D eigenvalue weighted by Crippen LogP contribution is -2.28. The predicted molar refractivity (Wildman–Crippen MR) is 70.4 cm³/mol. The van der Waals surface area contributed by atoms with Gasteiger partial charge < -0.3 is 9.73 Å². The zero-order valence-corrected chi connectivity index (χ0v) is 11.1. The molecule has 1 unspecified atom stereocenters. The van der Waals surface area contributed by atoms with E-state index in [1.807, 2.05) is 26.1 Å². The number of thiazole rings is 1. The van der Waals surface area contributed by atoms with Crippen LogP contribution in [0.25, 0.3) is 0 Å². The van der Waals surface area contributed by atoms with Crippen molar-refractivity contribution in [3.8, 4) is 0 Å². The average Bonchev–Trinajstić information content (AvgIpc) is 2.96. The first-order valence-electron chi connectivity index (χ1n) is 5.88. The molecule has 1 N–H and O–H groups in total. The Morgan fingerprint density at radius 1 is 1.53 bits per heavy atom. The smallest absolute Gasteiger partial charge is 0.103 e. The van der Waals surface area contributed by atoms with Crippen LogP contribution in [-0.2, 0) is 12.8 Å². The van der Waals surface area contributed by atoms with Gasteiger partial charge in [-0.05, 0) is 32.5 Å². The summed E-state index contributed by atoms with van der Waals surface area (Å²) in [7, 11) is 2.01. The fourth-order valence-corrected chi connectivity index (χ4v) is 2.50. The van der Waals surface area contributed by atoms with Gasteiger partial charge in [0.15, 0.2) is 0 Å². The Morgan fingerprint density at radius 2 is 2.41 bits per heavy atom. The van der Waals surface area contributed by atoms with E-state index in [0.717, 1.165) is 30.0 Å². The molecule has 1 atom stereocenters. The minimum Gasteiger partial charge on any atom is -0.469 e. The monoisotopic (exact) mass is 250 g/mol. The van der Waals surface area contributed by atoms with Crippen molar-refractivity contribution in [2.45, 2.75) is 32.2 Å². The van der Waals surface area contributed by atoms with Gasteiger partial charge in [-0.15, -0.1) is 11.3 Å². The molecular formula is C13H18N2OS. The highest BCUT2D eigenvalue weighted by Crippen LogP contribution is 2.13. The molecule has 0 amide bonds. The van der Waals surface area contributed by atoms with Crippen LogP contribution >= 0.6 is 11.3 Å². The highest BCUT2D eigenvalue weighted by atomic mass is 32.1. The molecule has 0 spiro atoms. The van der Waals surface area contributed by atoms with Crippen LogP contribution in [0.4, 0.5) is 0 Å². The number of nitrogens with zero attached hydrogens (tertiary/aromatic N) is 1. The van der Waals surface area contributed by atoms with Gasteiger partial charge in [0.1, 0.15) is 5.76 Å². The third-order valence-electron chi connectivity index (χ3n) is 2.85.